The fraction of sp³-hybridized carbons (Fsp3) is 0.143. The Morgan fingerprint density at radius 3 is 2.54 bits per heavy atom. The number of imide groups is 1. The van der Waals surface area contributed by atoms with Gasteiger partial charge in [0.2, 0.25) is 10.9 Å². The third-order valence-electron chi connectivity index (χ3n) is 3.55. The highest BCUT2D eigenvalue weighted by Crippen LogP contribution is 2.21. The van der Waals surface area contributed by atoms with Crippen LogP contribution in [0.15, 0.2) is 30.6 Å². The highest BCUT2D eigenvalue weighted by atomic mass is 32.1. The molecule has 1 aliphatic heterocycles. The molecule has 0 radical (unpaired) electrons. The van der Waals surface area contributed by atoms with Crippen LogP contribution in [0.5, 0.6) is 0 Å². The molecule has 120 valence electrons. The van der Waals surface area contributed by atoms with E-state index in [-0.39, 0.29) is 13.1 Å². The van der Waals surface area contributed by atoms with Crippen LogP contribution in [0.1, 0.15) is 25.7 Å². The number of rotatable bonds is 4. The minimum Gasteiger partial charge on any atom is -0.348 e. The summed E-state index contributed by atoms with van der Waals surface area (Å²) in [5.41, 5.74) is 0.646. The van der Waals surface area contributed by atoms with E-state index in [1.807, 2.05) is 0 Å². The highest BCUT2D eigenvalue weighted by molar-refractivity contribution is 7.16. The Labute approximate surface area is 138 Å². The summed E-state index contributed by atoms with van der Waals surface area (Å²) in [6.45, 7) is -0.132. The summed E-state index contributed by atoms with van der Waals surface area (Å²) in [7, 11) is 0. The summed E-state index contributed by atoms with van der Waals surface area (Å²) < 4.78 is 1.51. The maximum absolute atomic E-state index is 12.2. The van der Waals surface area contributed by atoms with E-state index in [9.17, 15) is 14.4 Å². The maximum Gasteiger partial charge on any atom is 0.262 e. The first-order valence-electron chi connectivity index (χ1n) is 7.01. The van der Waals surface area contributed by atoms with Gasteiger partial charge >= 0.3 is 0 Å². The van der Waals surface area contributed by atoms with Gasteiger partial charge in [-0.3, -0.25) is 19.3 Å². The minimum absolute atomic E-state index is 0.191. The smallest absolute Gasteiger partial charge is 0.262 e. The number of hydrogen-bond acceptors (Lipinski definition) is 7. The molecule has 0 unspecified atom stereocenters. The van der Waals surface area contributed by atoms with Crippen molar-refractivity contribution in [3.63, 3.8) is 0 Å². The Hall–Kier alpha value is -3.14. The Morgan fingerprint density at radius 1 is 1.17 bits per heavy atom. The van der Waals surface area contributed by atoms with E-state index in [0.717, 1.165) is 4.90 Å². The molecule has 0 fully saturated rings. The Bertz CT molecular complexity index is 914. The van der Waals surface area contributed by atoms with E-state index in [1.165, 1.54) is 22.2 Å². The summed E-state index contributed by atoms with van der Waals surface area (Å²) in [4.78, 5) is 38.0. The van der Waals surface area contributed by atoms with Gasteiger partial charge in [0.25, 0.3) is 11.8 Å². The lowest BCUT2D eigenvalue weighted by Crippen LogP contribution is -2.40. The molecule has 1 aliphatic rings. The zero-order valence-corrected chi connectivity index (χ0v) is 13.0. The van der Waals surface area contributed by atoms with Gasteiger partial charge < -0.3 is 5.32 Å². The van der Waals surface area contributed by atoms with Gasteiger partial charge in [0.05, 0.1) is 17.7 Å². The Balaban J connectivity index is 1.40. The van der Waals surface area contributed by atoms with Crippen LogP contribution in [0.3, 0.4) is 0 Å². The number of aromatic nitrogens is 4. The lowest BCUT2D eigenvalue weighted by molar-refractivity contribution is -0.121. The summed E-state index contributed by atoms with van der Waals surface area (Å²) in [5.74, 6) is -1.34. The molecular formula is C14H10N6O3S. The number of nitrogens with one attached hydrogen (secondary N) is 1. The maximum atomic E-state index is 12.2. The summed E-state index contributed by atoms with van der Waals surface area (Å²) in [6.07, 6.45) is 1.47. The van der Waals surface area contributed by atoms with Crippen LogP contribution < -0.4 is 5.32 Å². The van der Waals surface area contributed by atoms with Gasteiger partial charge in [-0.05, 0) is 12.1 Å². The van der Waals surface area contributed by atoms with Crippen LogP contribution in [0, 0.1) is 0 Å². The molecule has 0 atom stereocenters. The molecule has 10 heteroatoms. The van der Waals surface area contributed by atoms with E-state index < -0.39 is 17.7 Å². The second kappa shape index (κ2) is 5.49. The molecular weight excluding hydrogens is 332 g/mol. The normalized spacial score (nSPS) is 13.6. The van der Waals surface area contributed by atoms with Crippen LogP contribution in [0.25, 0.3) is 4.96 Å². The zero-order valence-electron chi connectivity index (χ0n) is 12.2. The first-order valence-corrected chi connectivity index (χ1v) is 7.83. The molecule has 1 aromatic carbocycles. The molecule has 0 aliphatic carbocycles. The van der Waals surface area contributed by atoms with Crippen molar-refractivity contribution in [3.8, 4) is 0 Å². The standard InChI is InChI=1S/C14H10N6O3S/c21-10(15-5-11-18-20-7-16-17-14(20)24-11)6-19-12(22)8-3-1-2-4-9(8)13(19)23/h1-4,7H,5-6H2,(H,15,21). The Morgan fingerprint density at radius 2 is 1.88 bits per heavy atom. The first-order chi connectivity index (χ1) is 11.6. The Kier molecular flexibility index (Phi) is 3.31. The lowest BCUT2D eigenvalue weighted by Gasteiger charge is -2.13. The average Bonchev–Trinajstić information content (AvgIpc) is 3.23. The van der Waals surface area contributed by atoms with E-state index in [0.29, 0.717) is 21.1 Å². The third-order valence-corrected chi connectivity index (χ3v) is 4.46. The van der Waals surface area contributed by atoms with Crippen molar-refractivity contribution in [1.82, 2.24) is 30.0 Å². The van der Waals surface area contributed by atoms with E-state index in [4.69, 9.17) is 0 Å². The van der Waals surface area contributed by atoms with Crippen molar-refractivity contribution in [2.75, 3.05) is 6.54 Å². The largest absolute Gasteiger partial charge is 0.348 e. The van der Waals surface area contributed by atoms with Crippen molar-refractivity contribution >= 4 is 34.0 Å². The van der Waals surface area contributed by atoms with E-state index in [2.05, 4.69) is 20.6 Å². The summed E-state index contributed by atoms with van der Waals surface area (Å²) in [5, 5.41) is 15.0. The number of fused-ring (bicyclic) bond motifs is 2. The van der Waals surface area contributed by atoms with Gasteiger partial charge in [0, 0.05) is 0 Å². The van der Waals surface area contributed by atoms with Crippen LogP contribution in [0.4, 0.5) is 0 Å². The predicted molar refractivity (Wildman–Crippen MR) is 82.3 cm³/mol. The molecule has 0 spiro atoms. The molecule has 0 bridgehead atoms. The summed E-state index contributed by atoms with van der Waals surface area (Å²) in [6, 6.07) is 6.52. The van der Waals surface area contributed by atoms with Crippen molar-refractivity contribution < 1.29 is 14.4 Å². The van der Waals surface area contributed by atoms with Gasteiger partial charge in [-0.1, -0.05) is 23.5 Å². The predicted octanol–water partition coefficient (Wildman–Crippen LogP) is 0.0982. The molecule has 2 aromatic heterocycles. The first kappa shape index (κ1) is 14.5. The number of carbonyl (C=O) groups is 3. The number of carbonyl (C=O) groups excluding carboxylic acids is 3. The van der Waals surface area contributed by atoms with Gasteiger partial charge in [-0.2, -0.15) is 9.61 Å². The SMILES string of the molecule is O=C(CN1C(=O)c2ccccc2C1=O)NCc1nn2cnnc2s1. The number of amides is 3. The van der Waals surface area contributed by atoms with Crippen molar-refractivity contribution in [2.45, 2.75) is 6.54 Å². The zero-order chi connectivity index (χ0) is 16.7. The molecule has 24 heavy (non-hydrogen) atoms. The highest BCUT2D eigenvalue weighted by Gasteiger charge is 2.36. The van der Waals surface area contributed by atoms with Crippen molar-refractivity contribution in [1.29, 1.82) is 0 Å². The molecule has 0 saturated heterocycles. The van der Waals surface area contributed by atoms with Crippen LogP contribution in [-0.2, 0) is 11.3 Å². The minimum atomic E-state index is -0.454. The van der Waals surface area contributed by atoms with E-state index in [1.54, 1.807) is 24.3 Å². The third kappa shape index (κ3) is 2.33. The van der Waals surface area contributed by atoms with Crippen molar-refractivity contribution in [3.05, 3.63) is 46.7 Å². The fourth-order valence-electron chi connectivity index (χ4n) is 2.43. The van der Waals surface area contributed by atoms with Crippen LogP contribution in [-0.4, -0.2) is 49.0 Å². The second-order valence-corrected chi connectivity index (χ2v) is 6.11. The fourth-order valence-corrected chi connectivity index (χ4v) is 3.18. The molecule has 0 saturated carbocycles. The number of hydrogen-bond donors (Lipinski definition) is 1. The van der Waals surface area contributed by atoms with Crippen LogP contribution >= 0.6 is 11.3 Å². The van der Waals surface area contributed by atoms with E-state index >= 15 is 0 Å². The topological polar surface area (TPSA) is 110 Å². The monoisotopic (exact) mass is 342 g/mol. The molecule has 4 rings (SSSR count). The summed E-state index contributed by atoms with van der Waals surface area (Å²) >= 11 is 1.30. The molecule has 3 amide bonds. The lowest BCUT2D eigenvalue weighted by atomic mass is 10.1. The molecule has 3 heterocycles. The quantitative estimate of drug-likeness (QED) is 0.673. The van der Waals surface area contributed by atoms with Gasteiger partial charge in [-0.15, -0.1) is 10.2 Å². The average molecular weight is 342 g/mol. The van der Waals surface area contributed by atoms with Crippen LogP contribution in [0.2, 0.25) is 0 Å². The number of nitrogens with zero attached hydrogens (tertiary/aromatic N) is 5. The molecule has 3 aromatic rings. The second-order valence-electron chi connectivity index (χ2n) is 5.07. The number of benzene rings is 1. The van der Waals surface area contributed by atoms with Gasteiger partial charge in [0.15, 0.2) is 0 Å². The van der Waals surface area contributed by atoms with Crippen molar-refractivity contribution in [2.24, 2.45) is 0 Å². The molecule has 1 N–H and O–H groups in total. The van der Waals surface area contributed by atoms with Gasteiger partial charge in [-0.25, -0.2) is 0 Å². The molecule has 9 nitrogen and oxygen atoms in total. The van der Waals surface area contributed by atoms with Gasteiger partial charge in [0.1, 0.15) is 17.9 Å².